The van der Waals surface area contributed by atoms with Crippen LogP contribution in [0.5, 0.6) is 0 Å². The third kappa shape index (κ3) is 4.58. The molecular formula is C14H29N3O. The van der Waals surface area contributed by atoms with E-state index < -0.39 is 0 Å². The Bertz CT molecular complexity index is 239. The van der Waals surface area contributed by atoms with Crippen molar-refractivity contribution >= 4 is 5.91 Å². The first-order valence-electron chi connectivity index (χ1n) is 7.44. The maximum Gasteiger partial charge on any atom is 0.237 e. The van der Waals surface area contributed by atoms with Gasteiger partial charge in [0.25, 0.3) is 0 Å². The van der Waals surface area contributed by atoms with Gasteiger partial charge in [-0.25, -0.2) is 0 Å². The molecule has 0 aliphatic heterocycles. The third-order valence-corrected chi connectivity index (χ3v) is 3.89. The zero-order valence-corrected chi connectivity index (χ0v) is 12.0. The molecule has 1 atom stereocenters. The first-order chi connectivity index (χ1) is 8.70. The molecule has 1 unspecified atom stereocenters. The van der Waals surface area contributed by atoms with E-state index in [1.165, 1.54) is 32.1 Å². The SMILES string of the molecule is CCNC(=O)C(C)N(CCCN)C1CCCCC1. The molecule has 1 aliphatic carbocycles. The van der Waals surface area contributed by atoms with Crippen molar-refractivity contribution in [2.75, 3.05) is 19.6 Å². The van der Waals surface area contributed by atoms with E-state index in [2.05, 4.69) is 10.2 Å². The van der Waals surface area contributed by atoms with Gasteiger partial charge in [0.2, 0.25) is 5.91 Å². The summed E-state index contributed by atoms with van der Waals surface area (Å²) in [6.45, 7) is 6.34. The molecule has 0 saturated heterocycles. The highest BCUT2D eigenvalue weighted by molar-refractivity contribution is 5.81. The van der Waals surface area contributed by atoms with Crippen LogP contribution in [-0.4, -0.2) is 42.5 Å². The van der Waals surface area contributed by atoms with Crippen molar-refractivity contribution in [1.29, 1.82) is 0 Å². The number of rotatable bonds is 7. The van der Waals surface area contributed by atoms with E-state index in [4.69, 9.17) is 5.73 Å². The average Bonchev–Trinajstić information content (AvgIpc) is 2.40. The van der Waals surface area contributed by atoms with Crippen molar-refractivity contribution in [2.24, 2.45) is 5.73 Å². The quantitative estimate of drug-likeness (QED) is 0.725. The molecule has 0 bridgehead atoms. The van der Waals surface area contributed by atoms with Crippen molar-refractivity contribution in [2.45, 2.75) is 64.5 Å². The van der Waals surface area contributed by atoms with Crippen LogP contribution in [0, 0.1) is 0 Å². The summed E-state index contributed by atoms with van der Waals surface area (Å²) in [6, 6.07) is 0.544. The number of likely N-dealkylation sites (N-methyl/N-ethyl adjacent to an activating group) is 1. The molecule has 4 heteroatoms. The second-order valence-corrected chi connectivity index (χ2v) is 5.24. The second-order valence-electron chi connectivity index (χ2n) is 5.24. The van der Waals surface area contributed by atoms with Gasteiger partial charge >= 0.3 is 0 Å². The lowest BCUT2D eigenvalue weighted by Gasteiger charge is -2.37. The lowest BCUT2D eigenvalue weighted by molar-refractivity contribution is -0.127. The van der Waals surface area contributed by atoms with Crippen LogP contribution in [0.1, 0.15) is 52.4 Å². The normalized spacial score (nSPS) is 18.9. The molecular weight excluding hydrogens is 226 g/mol. The van der Waals surface area contributed by atoms with Gasteiger partial charge in [0.15, 0.2) is 0 Å². The minimum absolute atomic E-state index is 0.0281. The standard InChI is InChI=1S/C14H29N3O/c1-3-16-14(18)12(2)17(11-7-10-15)13-8-5-4-6-9-13/h12-13H,3-11,15H2,1-2H3,(H,16,18). The van der Waals surface area contributed by atoms with Crippen LogP contribution in [0.15, 0.2) is 0 Å². The molecule has 106 valence electrons. The topological polar surface area (TPSA) is 58.4 Å². The number of nitrogens with two attached hydrogens (primary N) is 1. The molecule has 3 N–H and O–H groups in total. The van der Waals surface area contributed by atoms with Crippen LogP contribution in [0.25, 0.3) is 0 Å². The van der Waals surface area contributed by atoms with Gasteiger partial charge in [-0.05, 0) is 39.7 Å². The molecule has 0 aromatic heterocycles. The maximum atomic E-state index is 12.0. The van der Waals surface area contributed by atoms with Crippen molar-refractivity contribution in [3.63, 3.8) is 0 Å². The van der Waals surface area contributed by atoms with Gasteiger partial charge in [-0.15, -0.1) is 0 Å². The molecule has 0 heterocycles. The van der Waals surface area contributed by atoms with E-state index in [-0.39, 0.29) is 11.9 Å². The third-order valence-electron chi connectivity index (χ3n) is 3.89. The molecule has 1 aliphatic rings. The summed E-state index contributed by atoms with van der Waals surface area (Å²) in [4.78, 5) is 14.4. The van der Waals surface area contributed by atoms with Crippen molar-refractivity contribution < 1.29 is 4.79 Å². The fourth-order valence-corrected chi connectivity index (χ4v) is 2.85. The highest BCUT2D eigenvalue weighted by Crippen LogP contribution is 2.24. The predicted octanol–water partition coefficient (Wildman–Crippen LogP) is 1.49. The predicted molar refractivity (Wildman–Crippen MR) is 75.4 cm³/mol. The van der Waals surface area contributed by atoms with E-state index in [9.17, 15) is 4.79 Å². The summed E-state index contributed by atoms with van der Waals surface area (Å²) in [5.74, 6) is 0.153. The summed E-state index contributed by atoms with van der Waals surface area (Å²) in [5, 5.41) is 2.93. The van der Waals surface area contributed by atoms with Crippen LogP contribution in [0.2, 0.25) is 0 Å². The number of hydrogen-bond donors (Lipinski definition) is 2. The van der Waals surface area contributed by atoms with Gasteiger partial charge in [0.05, 0.1) is 6.04 Å². The van der Waals surface area contributed by atoms with Crippen LogP contribution < -0.4 is 11.1 Å². The summed E-state index contributed by atoms with van der Waals surface area (Å²) in [7, 11) is 0. The Labute approximate surface area is 111 Å². The Morgan fingerprint density at radius 2 is 2.06 bits per heavy atom. The van der Waals surface area contributed by atoms with E-state index in [0.717, 1.165) is 13.0 Å². The van der Waals surface area contributed by atoms with Gasteiger partial charge in [0, 0.05) is 19.1 Å². The lowest BCUT2D eigenvalue weighted by atomic mass is 9.93. The Balaban J connectivity index is 2.60. The Morgan fingerprint density at radius 3 is 2.61 bits per heavy atom. The fraction of sp³-hybridized carbons (Fsp3) is 0.929. The lowest BCUT2D eigenvalue weighted by Crippen LogP contribution is -2.50. The van der Waals surface area contributed by atoms with Gasteiger partial charge in [-0.2, -0.15) is 0 Å². The molecule has 4 nitrogen and oxygen atoms in total. The maximum absolute atomic E-state index is 12.0. The first-order valence-corrected chi connectivity index (χ1v) is 7.44. The molecule has 0 aromatic carbocycles. The van der Waals surface area contributed by atoms with Crippen LogP contribution in [0.3, 0.4) is 0 Å². The molecule has 18 heavy (non-hydrogen) atoms. The summed E-state index contributed by atoms with van der Waals surface area (Å²) in [5.41, 5.74) is 5.61. The zero-order chi connectivity index (χ0) is 13.4. The second kappa shape index (κ2) is 8.48. The number of nitrogens with one attached hydrogen (secondary N) is 1. The Morgan fingerprint density at radius 1 is 1.39 bits per heavy atom. The molecule has 1 fully saturated rings. The fourth-order valence-electron chi connectivity index (χ4n) is 2.85. The number of hydrogen-bond acceptors (Lipinski definition) is 3. The van der Waals surface area contributed by atoms with Crippen molar-refractivity contribution in [3.05, 3.63) is 0 Å². The summed E-state index contributed by atoms with van der Waals surface area (Å²) < 4.78 is 0. The summed E-state index contributed by atoms with van der Waals surface area (Å²) in [6.07, 6.45) is 7.37. The Kier molecular flexibility index (Phi) is 7.28. The van der Waals surface area contributed by atoms with Crippen molar-refractivity contribution in [3.8, 4) is 0 Å². The molecule has 1 saturated carbocycles. The Hall–Kier alpha value is -0.610. The van der Waals surface area contributed by atoms with Crippen molar-refractivity contribution in [1.82, 2.24) is 10.2 Å². The number of amides is 1. The molecule has 1 rings (SSSR count). The molecule has 0 spiro atoms. The van der Waals surface area contributed by atoms with Gasteiger partial charge < -0.3 is 11.1 Å². The summed E-state index contributed by atoms with van der Waals surface area (Å²) >= 11 is 0. The monoisotopic (exact) mass is 255 g/mol. The van der Waals surface area contributed by atoms with Gasteiger partial charge in [-0.1, -0.05) is 19.3 Å². The first kappa shape index (κ1) is 15.4. The van der Waals surface area contributed by atoms with Crippen LogP contribution >= 0.6 is 0 Å². The number of nitrogens with zero attached hydrogens (tertiary/aromatic N) is 1. The van der Waals surface area contributed by atoms with E-state index in [0.29, 0.717) is 19.1 Å². The number of carbonyl (C=O) groups is 1. The average molecular weight is 255 g/mol. The van der Waals surface area contributed by atoms with Gasteiger partial charge in [-0.3, -0.25) is 9.69 Å². The highest BCUT2D eigenvalue weighted by Gasteiger charge is 2.28. The van der Waals surface area contributed by atoms with Crippen LogP contribution in [-0.2, 0) is 4.79 Å². The minimum Gasteiger partial charge on any atom is -0.355 e. The molecule has 0 aromatic rings. The smallest absolute Gasteiger partial charge is 0.237 e. The van der Waals surface area contributed by atoms with Gasteiger partial charge in [0.1, 0.15) is 0 Å². The minimum atomic E-state index is -0.0281. The van der Waals surface area contributed by atoms with E-state index in [1.54, 1.807) is 0 Å². The number of carbonyl (C=O) groups excluding carboxylic acids is 1. The van der Waals surface area contributed by atoms with E-state index in [1.807, 2.05) is 13.8 Å². The molecule has 1 amide bonds. The largest absolute Gasteiger partial charge is 0.355 e. The zero-order valence-electron chi connectivity index (χ0n) is 12.0. The molecule has 0 radical (unpaired) electrons. The highest BCUT2D eigenvalue weighted by atomic mass is 16.2. The van der Waals surface area contributed by atoms with E-state index >= 15 is 0 Å². The van der Waals surface area contributed by atoms with Crippen LogP contribution in [0.4, 0.5) is 0 Å².